The molecule has 2 atom stereocenters. The molecule has 2 aromatic carbocycles. The minimum atomic E-state index is -1.10. The number of hydrogen-bond donors (Lipinski definition) is 9. The highest BCUT2D eigenvalue weighted by Crippen LogP contribution is 2.34. The first-order valence-electron chi connectivity index (χ1n) is 21.5. The molecular formula is C43H59N13O6. The summed E-state index contributed by atoms with van der Waals surface area (Å²) < 4.78 is 0. The van der Waals surface area contributed by atoms with E-state index in [-0.39, 0.29) is 37.7 Å². The Morgan fingerprint density at radius 2 is 1.34 bits per heavy atom. The van der Waals surface area contributed by atoms with Crippen LogP contribution in [0.3, 0.4) is 0 Å². The summed E-state index contributed by atoms with van der Waals surface area (Å²) in [5.74, 6) is -2.62. The zero-order valence-electron chi connectivity index (χ0n) is 35.1. The van der Waals surface area contributed by atoms with Crippen LogP contribution in [0.2, 0.25) is 0 Å². The molecule has 4 aromatic rings. The molecule has 4 heterocycles. The molecule has 19 nitrogen and oxygen atoms in total. The number of benzene rings is 2. The summed E-state index contributed by atoms with van der Waals surface area (Å²) in [7, 11) is 0. The first kappa shape index (κ1) is 45.3. The molecule has 6 amide bonds. The quantitative estimate of drug-likeness (QED) is 0.0378. The number of imidazole rings is 1. The van der Waals surface area contributed by atoms with Crippen LogP contribution in [-0.4, -0.2) is 131 Å². The molecule has 19 heteroatoms. The van der Waals surface area contributed by atoms with Gasteiger partial charge in [0, 0.05) is 72.9 Å². The van der Waals surface area contributed by atoms with Crippen molar-refractivity contribution in [3.63, 3.8) is 0 Å². The second kappa shape index (κ2) is 22.6. The van der Waals surface area contributed by atoms with Gasteiger partial charge in [-0.2, -0.15) is 0 Å². The lowest BCUT2D eigenvalue weighted by molar-refractivity contribution is -0.131. The monoisotopic (exact) mass is 853 g/mol. The number of nitrogens with zero attached hydrogens (tertiary/aromatic N) is 4. The predicted molar refractivity (Wildman–Crippen MR) is 237 cm³/mol. The van der Waals surface area contributed by atoms with E-state index < -0.39 is 35.7 Å². The molecular weight excluding hydrogens is 795 g/mol. The molecule has 62 heavy (non-hydrogen) atoms. The molecule has 0 bridgehead atoms. The van der Waals surface area contributed by atoms with Gasteiger partial charge in [0.2, 0.25) is 35.4 Å². The van der Waals surface area contributed by atoms with E-state index in [2.05, 4.69) is 51.7 Å². The van der Waals surface area contributed by atoms with Crippen molar-refractivity contribution >= 4 is 74.3 Å². The fourth-order valence-corrected chi connectivity index (χ4v) is 7.84. The number of amides is 6. The predicted octanol–water partition coefficient (Wildman–Crippen LogP) is 1.31. The summed E-state index contributed by atoms with van der Waals surface area (Å²) in [6.45, 7) is 5.34. The Bertz CT molecular complexity index is 2100. The Hall–Kier alpha value is -6.18. The van der Waals surface area contributed by atoms with Gasteiger partial charge < -0.3 is 58.2 Å². The summed E-state index contributed by atoms with van der Waals surface area (Å²) in [5, 5.41) is 18.9. The molecule has 2 fully saturated rings. The summed E-state index contributed by atoms with van der Waals surface area (Å²) in [6, 6.07) is 9.18. The lowest BCUT2D eigenvalue weighted by Gasteiger charge is -2.22. The standard InChI is InChI=1S/C43H59N13O6/c44-24-39(59)48-26-40(60)53-36(23-30-25-46-27-49-30)43(62)54-33(42(45)61)7-1-2-14-47-41-31-10-8-28(50-37(57)12-19-55-15-3-4-16-55)21-34(31)52-35-22-29(9-11-32(35)41)51-38(58)13-20-56-17-5-6-18-56/h8-11,21-22,25,27,33,36H,1-7,12-20,23-24,26,44H2,(H2,45,61)(H,46,49)(H,47,52)(H,48,59)(H,50,57)(H,51,58)(H,53,60)(H,54,62)/t33-,36-/m0/s1. The van der Waals surface area contributed by atoms with Gasteiger partial charge in [0.15, 0.2) is 0 Å². The number of primary amides is 1. The van der Waals surface area contributed by atoms with E-state index in [1.54, 1.807) is 0 Å². The number of nitrogens with two attached hydrogens (primary N) is 2. The van der Waals surface area contributed by atoms with Crippen LogP contribution in [0, 0.1) is 0 Å². The Morgan fingerprint density at radius 1 is 0.742 bits per heavy atom. The Kier molecular flexibility index (Phi) is 16.5. The lowest BCUT2D eigenvalue weighted by Crippen LogP contribution is -2.55. The number of rotatable bonds is 23. The second-order valence-corrected chi connectivity index (χ2v) is 15.9. The summed E-state index contributed by atoms with van der Waals surface area (Å²) in [5.41, 5.74) is 15.0. The maximum absolute atomic E-state index is 13.4. The van der Waals surface area contributed by atoms with Crippen molar-refractivity contribution in [2.45, 2.75) is 76.3 Å². The van der Waals surface area contributed by atoms with E-state index in [1.165, 1.54) is 12.5 Å². The van der Waals surface area contributed by atoms with Gasteiger partial charge in [-0.1, -0.05) is 0 Å². The third-order valence-electron chi connectivity index (χ3n) is 11.2. The van der Waals surface area contributed by atoms with Gasteiger partial charge in [-0.3, -0.25) is 28.8 Å². The zero-order valence-corrected chi connectivity index (χ0v) is 35.1. The highest BCUT2D eigenvalue weighted by atomic mass is 16.2. The van der Waals surface area contributed by atoms with Crippen LogP contribution < -0.4 is 43.4 Å². The number of unbranched alkanes of at least 4 members (excludes halogenated alkanes) is 1. The van der Waals surface area contributed by atoms with Gasteiger partial charge in [-0.05, 0) is 108 Å². The van der Waals surface area contributed by atoms with Crippen molar-refractivity contribution in [1.82, 2.24) is 40.7 Å². The van der Waals surface area contributed by atoms with Gasteiger partial charge in [0.25, 0.3) is 0 Å². The van der Waals surface area contributed by atoms with E-state index in [0.29, 0.717) is 60.3 Å². The topological polar surface area (TPSA) is 275 Å². The number of carbonyl (C=O) groups excluding carboxylic acids is 6. The molecule has 0 radical (unpaired) electrons. The van der Waals surface area contributed by atoms with Crippen LogP contribution in [0.15, 0.2) is 48.9 Å². The van der Waals surface area contributed by atoms with Crippen molar-refractivity contribution in [1.29, 1.82) is 0 Å². The number of pyridine rings is 1. The highest BCUT2D eigenvalue weighted by molar-refractivity contribution is 6.09. The molecule has 2 aliphatic heterocycles. The van der Waals surface area contributed by atoms with Crippen molar-refractivity contribution in [2.24, 2.45) is 11.5 Å². The van der Waals surface area contributed by atoms with Crippen molar-refractivity contribution in [3.05, 3.63) is 54.6 Å². The second-order valence-electron chi connectivity index (χ2n) is 15.9. The maximum Gasteiger partial charge on any atom is 0.243 e. The molecule has 11 N–H and O–H groups in total. The van der Waals surface area contributed by atoms with Crippen LogP contribution in [0.25, 0.3) is 21.8 Å². The van der Waals surface area contributed by atoms with Crippen LogP contribution in [0.1, 0.15) is 63.5 Å². The number of fused-ring (bicyclic) bond motifs is 2. The van der Waals surface area contributed by atoms with Crippen molar-refractivity contribution in [3.8, 4) is 0 Å². The summed E-state index contributed by atoms with van der Waals surface area (Å²) in [4.78, 5) is 92.4. The van der Waals surface area contributed by atoms with Gasteiger partial charge in [-0.15, -0.1) is 0 Å². The number of aromatic amines is 1. The van der Waals surface area contributed by atoms with Crippen LogP contribution >= 0.6 is 0 Å². The Morgan fingerprint density at radius 3 is 1.87 bits per heavy atom. The van der Waals surface area contributed by atoms with Crippen molar-refractivity contribution < 1.29 is 28.8 Å². The van der Waals surface area contributed by atoms with Crippen LogP contribution in [-0.2, 0) is 35.2 Å². The zero-order chi connectivity index (χ0) is 43.8. The minimum absolute atomic E-state index is 0.0465. The van der Waals surface area contributed by atoms with E-state index in [1.807, 2.05) is 36.4 Å². The third kappa shape index (κ3) is 13.4. The van der Waals surface area contributed by atoms with E-state index in [9.17, 15) is 28.8 Å². The molecule has 2 aromatic heterocycles. The number of H-pyrrole nitrogens is 1. The number of anilines is 3. The molecule has 6 rings (SSSR count). The first-order chi connectivity index (χ1) is 30.0. The van der Waals surface area contributed by atoms with E-state index >= 15 is 0 Å². The number of likely N-dealkylation sites (tertiary alicyclic amines) is 2. The Labute approximate surface area is 360 Å². The molecule has 332 valence electrons. The summed E-state index contributed by atoms with van der Waals surface area (Å²) >= 11 is 0. The molecule has 0 unspecified atom stereocenters. The smallest absolute Gasteiger partial charge is 0.243 e. The maximum atomic E-state index is 13.4. The average molecular weight is 854 g/mol. The number of aromatic nitrogens is 3. The van der Waals surface area contributed by atoms with Gasteiger partial charge >= 0.3 is 0 Å². The number of carbonyl (C=O) groups is 6. The fraction of sp³-hybridized carbons (Fsp3) is 0.488. The average Bonchev–Trinajstić information content (AvgIpc) is 4.08. The fourth-order valence-electron chi connectivity index (χ4n) is 7.84. The van der Waals surface area contributed by atoms with Gasteiger partial charge in [0.05, 0.1) is 36.1 Å². The van der Waals surface area contributed by atoms with Crippen LogP contribution in [0.4, 0.5) is 17.1 Å². The molecule has 2 saturated heterocycles. The normalized spacial score (nSPS) is 15.2. The number of hydrogen-bond acceptors (Lipinski definition) is 12. The highest BCUT2D eigenvalue weighted by Gasteiger charge is 2.27. The SMILES string of the molecule is NCC(=O)NCC(=O)N[C@@H](Cc1cnc[nH]1)C(=O)N[C@@H](CCCCNc1c2ccc(NC(=O)CCN3CCCC3)cc2nc2cc(NC(=O)CCN3CCCC3)ccc12)C(N)=O. The van der Waals surface area contributed by atoms with E-state index in [0.717, 1.165) is 81.4 Å². The number of nitrogens with one attached hydrogen (secondary N) is 7. The van der Waals surface area contributed by atoms with Gasteiger partial charge in [0.1, 0.15) is 12.1 Å². The van der Waals surface area contributed by atoms with Gasteiger partial charge in [-0.25, -0.2) is 9.97 Å². The lowest BCUT2D eigenvalue weighted by atomic mass is 10.0. The third-order valence-corrected chi connectivity index (χ3v) is 11.2. The Balaban J connectivity index is 1.11. The van der Waals surface area contributed by atoms with Crippen molar-refractivity contribution in [2.75, 3.05) is 74.9 Å². The van der Waals surface area contributed by atoms with Crippen LogP contribution in [0.5, 0.6) is 0 Å². The minimum Gasteiger partial charge on any atom is -0.384 e. The summed E-state index contributed by atoms with van der Waals surface area (Å²) in [6.07, 6.45) is 9.78. The molecule has 0 spiro atoms. The molecule has 0 saturated carbocycles. The largest absolute Gasteiger partial charge is 0.384 e. The molecule has 2 aliphatic rings. The molecule has 0 aliphatic carbocycles. The first-order valence-corrected chi connectivity index (χ1v) is 21.5. The van der Waals surface area contributed by atoms with E-state index in [4.69, 9.17) is 16.5 Å².